The number of benzene rings is 2. The summed E-state index contributed by atoms with van der Waals surface area (Å²) in [5.74, 6) is 0.990. The zero-order valence-electron chi connectivity index (χ0n) is 17.0. The first-order valence-corrected chi connectivity index (χ1v) is 9.77. The molecule has 0 aliphatic carbocycles. The summed E-state index contributed by atoms with van der Waals surface area (Å²) in [6.45, 7) is 6.75. The van der Waals surface area contributed by atoms with Gasteiger partial charge in [0, 0.05) is 16.8 Å². The first-order chi connectivity index (χ1) is 14.0. The van der Waals surface area contributed by atoms with Crippen LogP contribution in [0.25, 0.3) is 11.4 Å². The summed E-state index contributed by atoms with van der Waals surface area (Å²) >= 11 is 0. The van der Waals surface area contributed by atoms with Gasteiger partial charge in [0.2, 0.25) is 5.82 Å². The van der Waals surface area contributed by atoms with E-state index in [1.54, 1.807) is 16.9 Å². The maximum absolute atomic E-state index is 12.3. The highest BCUT2D eigenvalue weighted by Gasteiger charge is 2.08. The number of amides is 1. The molecule has 0 fully saturated rings. The second-order valence-electron chi connectivity index (χ2n) is 7.43. The van der Waals surface area contributed by atoms with E-state index < -0.39 is 0 Å². The van der Waals surface area contributed by atoms with E-state index in [1.165, 1.54) is 0 Å². The summed E-state index contributed by atoms with van der Waals surface area (Å²) in [7, 11) is 0. The van der Waals surface area contributed by atoms with Crippen molar-refractivity contribution in [1.82, 2.24) is 25.6 Å². The fraction of sp³-hybridized carbons (Fsp3) is 0.318. The van der Waals surface area contributed by atoms with Gasteiger partial charge < -0.3 is 0 Å². The minimum absolute atomic E-state index is 0.217. The summed E-state index contributed by atoms with van der Waals surface area (Å²) < 4.78 is 0. The number of rotatable bonds is 8. The molecule has 1 heterocycles. The second-order valence-corrected chi connectivity index (χ2v) is 7.43. The van der Waals surface area contributed by atoms with Gasteiger partial charge in [-0.15, -0.1) is 10.2 Å². The third kappa shape index (κ3) is 6.07. The summed E-state index contributed by atoms with van der Waals surface area (Å²) in [4.78, 5) is 13.8. The molecule has 0 aliphatic heterocycles. The second kappa shape index (κ2) is 9.73. The minimum atomic E-state index is -0.217. The van der Waals surface area contributed by atoms with Crippen molar-refractivity contribution in [2.75, 3.05) is 0 Å². The Morgan fingerprint density at radius 2 is 1.83 bits per heavy atom. The van der Waals surface area contributed by atoms with Crippen LogP contribution in [0, 0.1) is 5.92 Å². The van der Waals surface area contributed by atoms with Crippen LogP contribution in [0.4, 0.5) is 0 Å². The molecule has 0 radical (unpaired) electrons. The van der Waals surface area contributed by atoms with Crippen molar-refractivity contribution in [3.63, 3.8) is 0 Å². The van der Waals surface area contributed by atoms with Crippen LogP contribution >= 0.6 is 0 Å². The van der Waals surface area contributed by atoms with Gasteiger partial charge in [-0.2, -0.15) is 9.90 Å². The van der Waals surface area contributed by atoms with Gasteiger partial charge >= 0.3 is 0 Å². The molecule has 1 amide bonds. The van der Waals surface area contributed by atoms with E-state index >= 15 is 0 Å². The number of aromatic nitrogens is 4. The largest absolute Gasteiger partial charge is 0.271 e. The van der Waals surface area contributed by atoms with Crippen LogP contribution < -0.4 is 5.43 Å². The molecule has 0 saturated carbocycles. The molecular weight excluding hydrogens is 364 g/mol. The molecule has 0 aliphatic rings. The lowest BCUT2D eigenvalue weighted by atomic mass is 10.1. The van der Waals surface area contributed by atoms with E-state index in [1.807, 2.05) is 49.4 Å². The van der Waals surface area contributed by atoms with Crippen LogP contribution in [-0.4, -0.2) is 31.8 Å². The first-order valence-electron chi connectivity index (χ1n) is 9.77. The van der Waals surface area contributed by atoms with Crippen molar-refractivity contribution < 1.29 is 4.79 Å². The van der Waals surface area contributed by atoms with Crippen LogP contribution in [0.5, 0.6) is 0 Å². The number of nitrogens with one attached hydrogen (secondary N) is 1. The highest BCUT2D eigenvalue weighted by atomic mass is 16.2. The van der Waals surface area contributed by atoms with Crippen molar-refractivity contribution in [1.29, 1.82) is 0 Å². The first kappa shape index (κ1) is 20.4. The molecule has 3 rings (SSSR count). The van der Waals surface area contributed by atoms with Crippen molar-refractivity contribution in [3.05, 3.63) is 65.7 Å². The van der Waals surface area contributed by atoms with E-state index in [9.17, 15) is 4.79 Å². The van der Waals surface area contributed by atoms with Crippen LogP contribution in [0.3, 0.4) is 0 Å². The Morgan fingerprint density at radius 3 is 2.52 bits per heavy atom. The molecule has 7 nitrogen and oxygen atoms in total. The summed E-state index contributed by atoms with van der Waals surface area (Å²) in [5, 5.41) is 16.8. The maximum atomic E-state index is 12.3. The van der Waals surface area contributed by atoms with Gasteiger partial charge in [-0.25, -0.2) is 5.43 Å². The van der Waals surface area contributed by atoms with Gasteiger partial charge in [-0.1, -0.05) is 56.3 Å². The Balaban J connectivity index is 1.57. The molecule has 7 heteroatoms. The van der Waals surface area contributed by atoms with Gasteiger partial charge in [0.05, 0.1) is 6.54 Å². The van der Waals surface area contributed by atoms with E-state index in [-0.39, 0.29) is 5.91 Å². The van der Waals surface area contributed by atoms with Gasteiger partial charge in [0.1, 0.15) is 0 Å². The lowest BCUT2D eigenvalue weighted by Crippen LogP contribution is -2.19. The maximum Gasteiger partial charge on any atom is 0.271 e. The number of carbonyl (C=O) groups excluding carboxylic acids is 1. The van der Waals surface area contributed by atoms with E-state index in [0.717, 1.165) is 29.7 Å². The highest BCUT2D eigenvalue weighted by Crippen LogP contribution is 2.13. The Hall–Kier alpha value is -3.35. The number of tetrazole rings is 1. The van der Waals surface area contributed by atoms with Crippen LogP contribution in [0.2, 0.25) is 0 Å². The lowest BCUT2D eigenvalue weighted by Gasteiger charge is -2.05. The topological polar surface area (TPSA) is 85.1 Å². The number of hydrazone groups is 1. The predicted octanol–water partition coefficient (Wildman–Crippen LogP) is 3.93. The van der Waals surface area contributed by atoms with Crippen molar-refractivity contribution >= 4 is 11.6 Å². The fourth-order valence-corrected chi connectivity index (χ4v) is 2.70. The van der Waals surface area contributed by atoms with Crippen LogP contribution in [-0.2, 0) is 6.54 Å². The molecule has 0 spiro atoms. The Bertz CT molecular complexity index is 960. The fourth-order valence-electron chi connectivity index (χ4n) is 2.70. The van der Waals surface area contributed by atoms with Gasteiger partial charge in [0.15, 0.2) is 0 Å². The highest BCUT2D eigenvalue weighted by molar-refractivity contribution is 5.95. The van der Waals surface area contributed by atoms with Gasteiger partial charge in [-0.3, -0.25) is 4.79 Å². The molecule has 1 N–H and O–H groups in total. The third-order valence-corrected chi connectivity index (χ3v) is 4.46. The molecule has 150 valence electrons. The van der Waals surface area contributed by atoms with E-state index in [4.69, 9.17) is 0 Å². The zero-order chi connectivity index (χ0) is 20.6. The number of carbonyl (C=O) groups is 1. The number of hydrogen-bond acceptors (Lipinski definition) is 5. The Morgan fingerprint density at radius 1 is 1.10 bits per heavy atom. The van der Waals surface area contributed by atoms with Crippen LogP contribution in [0.15, 0.2) is 59.7 Å². The molecule has 0 unspecified atom stereocenters. The molecular formula is C22H26N6O. The number of nitrogens with zero attached hydrogens (tertiary/aromatic N) is 5. The van der Waals surface area contributed by atoms with Gasteiger partial charge in [-0.05, 0) is 48.6 Å². The third-order valence-electron chi connectivity index (χ3n) is 4.46. The standard InChI is InChI=1S/C22H26N6O/c1-16(2)9-10-17(3)23-25-22(29)20-13-11-18(12-14-20)15-28-26-21(24-27-28)19-7-5-4-6-8-19/h4-8,11-14,16H,9-10,15H2,1-3H3,(H,25,29)/b23-17-. The molecule has 0 atom stereocenters. The summed E-state index contributed by atoms with van der Waals surface area (Å²) in [6, 6.07) is 17.0. The minimum Gasteiger partial charge on any atom is -0.267 e. The quantitative estimate of drug-likeness (QED) is 0.466. The van der Waals surface area contributed by atoms with Crippen molar-refractivity contribution in [3.8, 4) is 11.4 Å². The van der Waals surface area contributed by atoms with Crippen LogP contribution in [0.1, 0.15) is 49.5 Å². The molecule has 1 aromatic heterocycles. The van der Waals surface area contributed by atoms with Crippen molar-refractivity contribution in [2.45, 2.75) is 40.2 Å². The molecule has 0 bridgehead atoms. The lowest BCUT2D eigenvalue weighted by molar-refractivity contribution is 0.0954. The van der Waals surface area contributed by atoms with E-state index in [0.29, 0.717) is 23.9 Å². The SMILES string of the molecule is C/C(CCC(C)C)=N/NC(=O)c1ccc(Cn2nnc(-c3ccccc3)n2)cc1. The predicted molar refractivity (Wildman–Crippen MR) is 113 cm³/mol. The zero-order valence-corrected chi connectivity index (χ0v) is 17.0. The molecule has 0 saturated heterocycles. The monoisotopic (exact) mass is 390 g/mol. The average molecular weight is 390 g/mol. The van der Waals surface area contributed by atoms with E-state index in [2.05, 4.69) is 39.8 Å². The normalized spacial score (nSPS) is 11.7. The molecule has 29 heavy (non-hydrogen) atoms. The van der Waals surface area contributed by atoms with Gasteiger partial charge in [0.25, 0.3) is 5.91 Å². The summed E-state index contributed by atoms with van der Waals surface area (Å²) in [5.41, 5.74) is 6.02. The Labute approximate surface area is 170 Å². The molecule has 2 aromatic carbocycles. The summed E-state index contributed by atoms with van der Waals surface area (Å²) in [6.07, 6.45) is 1.94. The molecule has 3 aromatic rings. The Kier molecular flexibility index (Phi) is 6.84. The number of hydrogen-bond donors (Lipinski definition) is 1. The average Bonchev–Trinajstić information content (AvgIpc) is 3.20. The smallest absolute Gasteiger partial charge is 0.267 e. The van der Waals surface area contributed by atoms with Crippen molar-refractivity contribution in [2.24, 2.45) is 11.0 Å².